The molecule has 0 aliphatic rings. The minimum atomic E-state index is 0.313. The first kappa shape index (κ1) is 14.7. The van der Waals surface area contributed by atoms with Crippen LogP contribution in [-0.4, -0.2) is 6.54 Å². The van der Waals surface area contributed by atoms with Crippen LogP contribution in [0.15, 0.2) is 26.5 Å². The molecule has 1 atom stereocenters. The number of hydrogen-bond acceptors (Lipinski definition) is 3. The van der Waals surface area contributed by atoms with Crippen LogP contribution in [-0.2, 0) is 6.42 Å². The molecule has 18 heavy (non-hydrogen) atoms. The summed E-state index contributed by atoms with van der Waals surface area (Å²) < 4.78 is 2.30. The number of rotatable bonds is 5. The van der Waals surface area contributed by atoms with E-state index in [2.05, 4.69) is 69.2 Å². The molecule has 0 amide bonds. The maximum atomic E-state index is 3.57. The van der Waals surface area contributed by atoms with E-state index < -0.39 is 0 Å². The third-order valence-electron chi connectivity index (χ3n) is 2.67. The van der Waals surface area contributed by atoms with Gasteiger partial charge in [-0.3, -0.25) is 0 Å². The van der Waals surface area contributed by atoms with Gasteiger partial charge in [-0.15, -0.1) is 22.7 Å². The van der Waals surface area contributed by atoms with E-state index in [4.69, 9.17) is 0 Å². The average Bonchev–Trinajstić information content (AvgIpc) is 2.94. The quantitative estimate of drug-likeness (QED) is 0.679. The first-order valence-electron chi connectivity index (χ1n) is 5.92. The van der Waals surface area contributed by atoms with Crippen LogP contribution >= 0.6 is 54.5 Å². The number of aryl methyl sites for hydroxylation is 1. The molecule has 1 N–H and O–H groups in total. The third-order valence-corrected chi connectivity index (χ3v) is 7.29. The summed E-state index contributed by atoms with van der Waals surface area (Å²) in [6.45, 7) is 5.33. The number of hydrogen-bond donors (Lipinski definition) is 1. The van der Waals surface area contributed by atoms with Crippen molar-refractivity contribution in [3.8, 4) is 0 Å². The van der Waals surface area contributed by atoms with Gasteiger partial charge in [0.15, 0.2) is 0 Å². The largest absolute Gasteiger partial charge is 0.305 e. The molecular weight excluding hydrogens is 394 g/mol. The van der Waals surface area contributed by atoms with E-state index in [-0.39, 0.29) is 0 Å². The highest BCUT2D eigenvalue weighted by atomic mass is 79.9. The van der Waals surface area contributed by atoms with Crippen molar-refractivity contribution >= 4 is 54.5 Å². The molecule has 98 valence electrons. The molecule has 5 heteroatoms. The standard InChI is InChI=1S/C13H15Br2NS2/c1-3-8-5-6-10(17-8)12(16-4-2)11-7-9(14)13(15)18-11/h5-7,12,16H,3-4H2,1-2H3. The maximum absolute atomic E-state index is 3.57. The Morgan fingerprint density at radius 2 is 1.94 bits per heavy atom. The monoisotopic (exact) mass is 407 g/mol. The Hall–Kier alpha value is 0.320. The van der Waals surface area contributed by atoms with E-state index in [0.717, 1.165) is 21.2 Å². The van der Waals surface area contributed by atoms with E-state index in [0.29, 0.717) is 6.04 Å². The zero-order chi connectivity index (χ0) is 13.1. The fourth-order valence-electron chi connectivity index (χ4n) is 1.79. The predicted octanol–water partition coefficient (Wildman–Crippen LogP) is 5.60. The molecule has 2 aromatic heterocycles. The molecule has 1 nitrogen and oxygen atoms in total. The minimum Gasteiger partial charge on any atom is -0.305 e. The zero-order valence-electron chi connectivity index (χ0n) is 10.3. The summed E-state index contributed by atoms with van der Waals surface area (Å²) in [7, 11) is 0. The van der Waals surface area contributed by atoms with Crippen molar-refractivity contribution < 1.29 is 0 Å². The molecule has 0 fully saturated rings. The van der Waals surface area contributed by atoms with Gasteiger partial charge in [0.2, 0.25) is 0 Å². The second-order valence-electron chi connectivity index (χ2n) is 3.92. The number of halogens is 2. The smallest absolute Gasteiger partial charge is 0.0843 e. The van der Waals surface area contributed by atoms with Crippen molar-refractivity contribution in [1.82, 2.24) is 5.32 Å². The molecular formula is C13H15Br2NS2. The van der Waals surface area contributed by atoms with Crippen LogP contribution in [0.25, 0.3) is 0 Å². The second kappa shape index (κ2) is 6.66. The van der Waals surface area contributed by atoms with E-state index >= 15 is 0 Å². The molecule has 0 aromatic carbocycles. The fourth-order valence-corrected chi connectivity index (χ4v) is 5.10. The zero-order valence-corrected chi connectivity index (χ0v) is 15.1. The summed E-state index contributed by atoms with van der Waals surface area (Å²) in [6.07, 6.45) is 1.11. The van der Waals surface area contributed by atoms with Gasteiger partial charge in [0.05, 0.1) is 9.83 Å². The molecule has 0 saturated heterocycles. The average molecular weight is 409 g/mol. The lowest BCUT2D eigenvalue weighted by molar-refractivity contribution is 0.648. The summed E-state index contributed by atoms with van der Waals surface area (Å²) in [6, 6.07) is 7.00. The molecule has 1 unspecified atom stereocenters. The van der Waals surface area contributed by atoms with Crippen LogP contribution in [0.4, 0.5) is 0 Å². The number of nitrogens with one attached hydrogen (secondary N) is 1. The number of thiophene rings is 2. The van der Waals surface area contributed by atoms with Crippen LogP contribution in [0.5, 0.6) is 0 Å². The molecule has 2 rings (SSSR count). The highest BCUT2D eigenvalue weighted by molar-refractivity contribution is 9.13. The van der Waals surface area contributed by atoms with Gasteiger partial charge >= 0.3 is 0 Å². The van der Waals surface area contributed by atoms with Gasteiger partial charge in [0.1, 0.15) is 0 Å². The topological polar surface area (TPSA) is 12.0 Å². The van der Waals surface area contributed by atoms with Crippen LogP contribution in [0, 0.1) is 0 Å². The van der Waals surface area contributed by atoms with Gasteiger partial charge in [0.25, 0.3) is 0 Å². The van der Waals surface area contributed by atoms with Crippen molar-refractivity contribution in [3.05, 3.63) is 41.1 Å². The highest BCUT2D eigenvalue weighted by Crippen LogP contribution is 2.39. The lowest BCUT2D eigenvalue weighted by Crippen LogP contribution is -2.20. The molecule has 0 bridgehead atoms. The SMILES string of the molecule is CCNC(c1ccc(CC)s1)c1cc(Br)c(Br)s1. The van der Waals surface area contributed by atoms with Gasteiger partial charge in [-0.05, 0) is 63.0 Å². The molecule has 0 spiro atoms. The maximum Gasteiger partial charge on any atom is 0.0843 e. The van der Waals surface area contributed by atoms with E-state index in [1.165, 1.54) is 14.6 Å². The molecule has 0 aliphatic heterocycles. The first-order valence-corrected chi connectivity index (χ1v) is 9.14. The van der Waals surface area contributed by atoms with Crippen LogP contribution < -0.4 is 5.32 Å². The highest BCUT2D eigenvalue weighted by Gasteiger charge is 2.18. The summed E-state index contributed by atoms with van der Waals surface area (Å²) in [5.74, 6) is 0. The van der Waals surface area contributed by atoms with Gasteiger partial charge < -0.3 is 5.32 Å². The van der Waals surface area contributed by atoms with Crippen LogP contribution in [0.3, 0.4) is 0 Å². The van der Waals surface area contributed by atoms with Crippen molar-refractivity contribution in [2.45, 2.75) is 26.3 Å². The van der Waals surface area contributed by atoms with Gasteiger partial charge in [0, 0.05) is 19.1 Å². The van der Waals surface area contributed by atoms with E-state index in [1.807, 2.05) is 11.3 Å². The summed E-state index contributed by atoms with van der Waals surface area (Å²) >= 11 is 10.8. The Labute approximate surface area is 133 Å². The van der Waals surface area contributed by atoms with Gasteiger partial charge in [-0.25, -0.2) is 0 Å². The lowest BCUT2D eigenvalue weighted by Gasteiger charge is -2.14. The summed E-state index contributed by atoms with van der Waals surface area (Å²) in [5, 5.41) is 3.57. The first-order chi connectivity index (χ1) is 8.65. The fraction of sp³-hybridized carbons (Fsp3) is 0.385. The van der Waals surface area contributed by atoms with Crippen LogP contribution in [0.1, 0.15) is 34.5 Å². The summed E-state index contributed by atoms with van der Waals surface area (Å²) in [4.78, 5) is 4.19. The Bertz CT molecular complexity index is 499. The van der Waals surface area contributed by atoms with Crippen molar-refractivity contribution in [1.29, 1.82) is 0 Å². The molecule has 0 radical (unpaired) electrons. The van der Waals surface area contributed by atoms with Crippen molar-refractivity contribution in [2.75, 3.05) is 6.54 Å². The minimum absolute atomic E-state index is 0.313. The molecule has 2 aromatic rings. The van der Waals surface area contributed by atoms with Gasteiger partial charge in [-0.1, -0.05) is 13.8 Å². The normalized spacial score (nSPS) is 12.9. The Morgan fingerprint density at radius 3 is 2.44 bits per heavy atom. The Morgan fingerprint density at radius 1 is 1.17 bits per heavy atom. The molecule has 0 saturated carbocycles. The van der Waals surface area contributed by atoms with Crippen molar-refractivity contribution in [2.24, 2.45) is 0 Å². The Kier molecular flexibility index (Phi) is 5.45. The van der Waals surface area contributed by atoms with E-state index in [1.54, 1.807) is 11.3 Å². The van der Waals surface area contributed by atoms with Gasteiger partial charge in [-0.2, -0.15) is 0 Å². The summed E-state index contributed by atoms with van der Waals surface area (Å²) in [5.41, 5.74) is 0. The van der Waals surface area contributed by atoms with Crippen LogP contribution in [0.2, 0.25) is 0 Å². The van der Waals surface area contributed by atoms with Crippen molar-refractivity contribution in [3.63, 3.8) is 0 Å². The lowest BCUT2D eigenvalue weighted by atomic mass is 10.2. The van der Waals surface area contributed by atoms with E-state index in [9.17, 15) is 0 Å². The molecule has 0 aliphatic carbocycles. The second-order valence-corrected chi connectivity index (χ2v) is 8.37. The molecule has 2 heterocycles. The third kappa shape index (κ3) is 3.25. The predicted molar refractivity (Wildman–Crippen MR) is 88.9 cm³/mol. The Balaban J connectivity index is 2.32.